The van der Waals surface area contributed by atoms with Gasteiger partial charge in [0.2, 0.25) is 0 Å². The monoisotopic (exact) mass is 292 g/mol. The summed E-state index contributed by atoms with van der Waals surface area (Å²) in [5.74, 6) is 0. The van der Waals surface area contributed by atoms with Crippen molar-refractivity contribution in [3.8, 4) is 0 Å². The third kappa shape index (κ3) is 3.22. The second kappa shape index (κ2) is 6.00. The van der Waals surface area contributed by atoms with Gasteiger partial charge in [0.05, 0.1) is 0 Å². The van der Waals surface area contributed by atoms with Crippen molar-refractivity contribution in [1.82, 2.24) is 0 Å². The average Bonchev–Trinajstić information content (AvgIpc) is 2.39. The van der Waals surface area contributed by atoms with Gasteiger partial charge in [-0.2, -0.15) is 0 Å². The molecule has 0 N–H and O–H groups in total. The predicted octanol–water partition coefficient (Wildman–Crippen LogP) is 4.04. The molecular formula is C15H10Cl2O2. The van der Waals surface area contributed by atoms with E-state index < -0.39 is 10.5 Å². The summed E-state index contributed by atoms with van der Waals surface area (Å²) in [6.45, 7) is 0. The molecule has 0 bridgehead atoms. The highest BCUT2D eigenvalue weighted by Crippen LogP contribution is 2.20. The van der Waals surface area contributed by atoms with Crippen LogP contribution in [0.25, 0.3) is 0 Å². The highest BCUT2D eigenvalue weighted by atomic mass is 35.5. The van der Waals surface area contributed by atoms with Gasteiger partial charge in [-0.25, -0.2) is 0 Å². The Bertz CT molecular complexity index is 580. The minimum atomic E-state index is -0.509. The summed E-state index contributed by atoms with van der Waals surface area (Å²) < 4.78 is 0. The molecule has 2 aromatic rings. The van der Waals surface area contributed by atoms with Gasteiger partial charge in [-0.15, -0.1) is 0 Å². The van der Waals surface area contributed by atoms with E-state index in [0.29, 0.717) is 17.5 Å². The largest absolute Gasteiger partial charge is 0.276 e. The molecule has 4 heteroatoms. The van der Waals surface area contributed by atoms with Crippen LogP contribution in [0, 0.1) is 0 Å². The molecule has 0 spiro atoms. The highest BCUT2D eigenvalue weighted by Gasteiger charge is 2.12. The number of hydrogen-bond acceptors (Lipinski definition) is 2. The topological polar surface area (TPSA) is 34.1 Å². The van der Waals surface area contributed by atoms with E-state index in [0.717, 1.165) is 11.1 Å². The predicted molar refractivity (Wildman–Crippen MR) is 76.1 cm³/mol. The molecule has 0 saturated carbocycles. The van der Waals surface area contributed by atoms with Crippen LogP contribution in [0.15, 0.2) is 48.5 Å². The summed E-state index contributed by atoms with van der Waals surface area (Å²) >= 11 is 11.1. The van der Waals surface area contributed by atoms with Crippen molar-refractivity contribution in [1.29, 1.82) is 0 Å². The molecule has 0 aliphatic heterocycles. The number of hydrogen-bond donors (Lipinski definition) is 0. The Kier molecular flexibility index (Phi) is 4.35. The van der Waals surface area contributed by atoms with E-state index in [1.54, 1.807) is 24.3 Å². The van der Waals surface area contributed by atoms with Crippen LogP contribution >= 0.6 is 23.2 Å². The van der Waals surface area contributed by atoms with Gasteiger partial charge in [0, 0.05) is 11.1 Å². The van der Waals surface area contributed by atoms with Gasteiger partial charge in [0.25, 0.3) is 10.5 Å². The molecule has 0 fully saturated rings. The first kappa shape index (κ1) is 13.8. The summed E-state index contributed by atoms with van der Waals surface area (Å²) in [5, 5.41) is -1.02. The Labute approximate surface area is 121 Å². The number of rotatable bonds is 4. The molecule has 0 unspecified atom stereocenters. The summed E-state index contributed by atoms with van der Waals surface area (Å²) in [6.07, 6.45) is 0.434. The molecule has 0 aromatic heterocycles. The fourth-order valence-corrected chi connectivity index (χ4v) is 2.31. The molecule has 2 rings (SSSR count). The minimum absolute atomic E-state index is 0.434. The van der Waals surface area contributed by atoms with E-state index in [2.05, 4.69) is 0 Å². The van der Waals surface area contributed by atoms with Crippen molar-refractivity contribution in [2.45, 2.75) is 6.42 Å². The molecule has 0 aliphatic carbocycles. The van der Waals surface area contributed by atoms with E-state index in [1.165, 1.54) is 0 Å². The number of halogens is 2. The van der Waals surface area contributed by atoms with E-state index in [1.807, 2.05) is 24.3 Å². The first-order valence-electron chi connectivity index (χ1n) is 5.65. The molecule has 0 radical (unpaired) electrons. The molecule has 0 atom stereocenters. The van der Waals surface area contributed by atoms with Gasteiger partial charge in [0.15, 0.2) is 0 Å². The maximum atomic E-state index is 11.3. The summed E-state index contributed by atoms with van der Waals surface area (Å²) in [5.41, 5.74) is 2.43. The van der Waals surface area contributed by atoms with Crippen LogP contribution in [-0.2, 0) is 6.42 Å². The van der Waals surface area contributed by atoms with Gasteiger partial charge < -0.3 is 0 Å². The lowest BCUT2D eigenvalue weighted by Crippen LogP contribution is -2.02. The Hall–Kier alpha value is -1.64. The number of carbonyl (C=O) groups excluding carboxylic acids is 2. The molecule has 0 heterocycles. The zero-order chi connectivity index (χ0) is 13.8. The van der Waals surface area contributed by atoms with Crippen LogP contribution in [0.1, 0.15) is 31.8 Å². The lowest BCUT2D eigenvalue weighted by atomic mass is 9.97. The third-order valence-electron chi connectivity index (χ3n) is 2.84. The molecule has 0 amide bonds. The molecular weight excluding hydrogens is 283 g/mol. The zero-order valence-corrected chi connectivity index (χ0v) is 11.4. The van der Waals surface area contributed by atoms with E-state index in [-0.39, 0.29) is 0 Å². The first-order chi connectivity index (χ1) is 9.09. The fourth-order valence-electron chi connectivity index (χ4n) is 1.94. The number of carbonyl (C=O) groups is 2. The van der Waals surface area contributed by atoms with Gasteiger partial charge in [-0.05, 0) is 52.9 Å². The standard InChI is InChI=1S/C15H10Cl2O2/c16-14(18)12-7-3-1-5-10(12)9-11-6-2-4-8-13(11)15(17)19/h1-8H,9H2. The van der Waals surface area contributed by atoms with Crippen molar-refractivity contribution in [2.24, 2.45) is 0 Å². The van der Waals surface area contributed by atoms with Crippen molar-refractivity contribution in [2.75, 3.05) is 0 Å². The van der Waals surface area contributed by atoms with Gasteiger partial charge in [-0.1, -0.05) is 36.4 Å². The minimum Gasteiger partial charge on any atom is -0.276 e. The van der Waals surface area contributed by atoms with Crippen molar-refractivity contribution in [3.63, 3.8) is 0 Å². The second-order valence-electron chi connectivity index (χ2n) is 4.04. The summed E-state index contributed by atoms with van der Waals surface area (Å²) in [6, 6.07) is 14.1. The molecule has 0 saturated heterocycles. The maximum absolute atomic E-state index is 11.3. The zero-order valence-electron chi connectivity index (χ0n) is 9.90. The van der Waals surface area contributed by atoms with Crippen molar-refractivity contribution in [3.05, 3.63) is 70.8 Å². The van der Waals surface area contributed by atoms with Crippen molar-refractivity contribution < 1.29 is 9.59 Å². The summed E-state index contributed by atoms with van der Waals surface area (Å²) in [4.78, 5) is 22.7. The van der Waals surface area contributed by atoms with E-state index in [9.17, 15) is 9.59 Å². The Morgan fingerprint density at radius 2 is 1.11 bits per heavy atom. The van der Waals surface area contributed by atoms with Crippen LogP contribution in [0.4, 0.5) is 0 Å². The maximum Gasteiger partial charge on any atom is 0.252 e. The number of benzene rings is 2. The first-order valence-corrected chi connectivity index (χ1v) is 6.40. The smallest absolute Gasteiger partial charge is 0.252 e. The quantitative estimate of drug-likeness (QED) is 0.797. The van der Waals surface area contributed by atoms with Crippen LogP contribution in [0.3, 0.4) is 0 Å². The lowest BCUT2D eigenvalue weighted by molar-refractivity contribution is 0.107. The Morgan fingerprint density at radius 3 is 1.47 bits per heavy atom. The fraction of sp³-hybridized carbons (Fsp3) is 0.0667. The average molecular weight is 293 g/mol. The van der Waals surface area contributed by atoms with Crippen LogP contribution < -0.4 is 0 Å². The van der Waals surface area contributed by atoms with Crippen molar-refractivity contribution >= 4 is 33.7 Å². The Morgan fingerprint density at radius 1 is 0.737 bits per heavy atom. The van der Waals surface area contributed by atoms with E-state index in [4.69, 9.17) is 23.2 Å². The van der Waals surface area contributed by atoms with E-state index >= 15 is 0 Å². The molecule has 96 valence electrons. The van der Waals surface area contributed by atoms with Gasteiger partial charge in [0.1, 0.15) is 0 Å². The van der Waals surface area contributed by atoms with Gasteiger partial charge >= 0.3 is 0 Å². The van der Waals surface area contributed by atoms with Gasteiger partial charge in [-0.3, -0.25) is 9.59 Å². The third-order valence-corrected chi connectivity index (χ3v) is 3.25. The molecule has 2 nitrogen and oxygen atoms in total. The highest BCUT2D eigenvalue weighted by molar-refractivity contribution is 6.68. The molecule has 0 aliphatic rings. The van der Waals surface area contributed by atoms with Crippen LogP contribution in [-0.4, -0.2) is 10.5 Å². The lowest BCUT2D eigenvalue weighted by Gasteiger charge is -2.08. The second-order valence-corrected chi connectivity index (χ2v) is 4.73. The van der Waals surface area contributed by atoms with Crippen LogP contribution in [0.5, 0.6) is 0 Å². The molecule has 19 heavy (non-hydrogen) atoms. The normalized spacial score (nSPS) is 10.2. The Balaban J connectivity index is 2.42. The molecule has 2 aromatic carbocycles. The van der Waals surface area contributed by atoms with Crippen LogP contribution in [0.2, 0.25) is 0 Å². The SMILES string of the molecule is O=C(Cl)c1ccccc1Cc1ccccc1C(=O)Cl. The summed E-state index contributed by atoms with van der Waals surface area (Å²) in [7, 11) is 0.